The zero-order chi connectivity index (χ0) is 13.7. The maximum Gasteiger partial charge on any atom is 0.119 e. The number of benzene rings is 1. The van der Waals surface area contributed by atoms with Crippen molar-refractivity contribution in [2.75, 3.05) is 26.2 Å². The second kappa shape index (κ2) is 8.88. The Morgan fingerprint density at radius 1 is 1.40 bits per heavy atom. The normalized spacial score (nSPS) is 21.1. The van der Waals surface area contributed by atoms with Crippen LogP contribution in [0.5, 0.6) is 5.75 Å². The highest BCUT2D eigenvalue weighted by molar-refractivity contribution is 9.10. The average molecular weight is 365 g/mol. The molecule has 5 heteroatoms. The summed E-state index contributed by atoms with van der Waals surface area (Å²) in [6.45, 7) is 5.53. The first-order valence-corrected chi connectivity index (χ1v) is 7.71. The van der Waals surface area contributed by atoms with Crippen LogP contribution in [-0.2, 0) is 0 Å². The van der Waals surface area contributed by atoms with Gasteiger partial charge in [-0.2, -0.15) is 0 Å². The van der Waals surface area contributed by atoms with Crippen LogP contribution in [0.15, 0.2) is 28.7 Å². The van der Waals surface area contributed by atoms with E-state index in [9.17, 15) is 5.11 Å². The second-order valence-corrected chi connectivity index (χ2v) is 6.34. The van der Waals surface area contributed by atoms with Crippen LogP contribution in [0.4, 0.5) is 0 Å². The first kappa shape index (κ1) is 17.8. The van der Waals surface area contributed by atoms with Crippen LogP contribution >= 0.6 is 28.3 Å². The van der Waals surface area contributed by atoms with E-state index in [0.717, 1.165) is 29.2 Å². The van der Waals surface area contributed by atoms with Gasteiger partial charge in [0.05, 0.1) is 0 Å². The lowest BCUT2D eigenvalue weighted by atomic mass is 10.0. The highest BCUT2D eigenvalue weighted by Gasteiger charge is 2.19. The fraction of sp³-hybridized carbons (Fsp3) is 0.600. The number of β-amino-alcohol motifs (C(OH)–C–C–N with tert-alkyl or cyclic N) is 1. The third-order valence-corrected chi connectivity index (χ3v) is 3.99. The number of rotatable bonds is 5. The van der Waals surface area contributed by atoms with Crippen molar-refractivity contribution in [2.45, 2.75) is 25.9 Å². The fourth-order valence-electron chi connectivity index (χ4n) is 2.53. The minimum atomic E-state index is -0.422. The standard InChI is InChI=1S/C15H22BrNO2.ClH/c1-12-3-2-8-17(9-12)10-14(18)11-19-15-6-4-13(16)5-7-15;/h4-7,12,14,18H,2-3,8-11H2,1H3;1H. The van der Waals surface area contributed by atoms with Gasteiger partial charge in [-0.3, -0.25) is 0 Å². The molecule has 1 aromatic carbocycles. The molecule has 20 heavy (non-hydrogen) atoms. The second-order valence-electron chi connectivity index (χ2n) is 5.43. The van der Waals surface area contributed by atoms with Crippen LogP contribution in [0, 0.1) is 5.92 Å². The Balaban J connectivity index is 0.00000200. The number of halogens is 2. The molecule has 0 spiro atoms. The number of hydrogen-bond donors (Lipinski definition) is 1. The van der Waals surface area contributed by atoms with Crippen LogP contribution in [0.25, 0.3) is 0 Å². The molecule has 2 atom stereocenters. The lowest BCUT2D eigenvalue weighted by molar-refractivity contribution is 0.0537. The average Bonchev–Trinajstić information content (AvgIpc) is 2.38. The highest BCUT2D eigenvalue weighted by atomic mass is 79.9. The van der Waals surface area contributed by atoms with Crippen molar-refractivity contribution in [3.63, 3.8) is 0 Å². The van der Waals surface area contributed by atoms with Crippen LogP contribution in [0.1, 0.15) is 19.8 Å². The third kappa shape index (κ3) is 6.00. The van der Waals surface area contributed by atoms with Gasteiger partial charge in [0.15, 0.2) is 0 Å². The van der Waals surface area contributed by atoms with Crippen LogP contribution in [-0.4, -0.2) is 42.4 Å². The number of likely N-dealkylation sites (tertiary alicyclic amines) is 1. The van der Waals surface area contributed by atoms with Crippen molar-refractivity contribution < 1.29 is 9.84 Å². The number of hydrogen-bond acceptors (Lipinski definition) is 3. The van der Waals surface area contributed by atoms with Crippen LogP contribution in [0.3, 0.4) is 0 Å². The zero-order valence-electron chi connectivity index (χ0n) is 11.8. The summed E-state index contributed by atoms with van der Waals surface area (Å²) >= 11 is 3.39. The predicted octanol–water partition coefficient (Wildman–Crippen LogP) is 3.34. The number of ether oxygens (including phenoxy) is 1. The van der Waals surface area contributed by atoms with Crippen LogP contribution < -0.4 is 4.74 Å². The molecule has 1 aromatic rings. The van der Waals surface area contributed by atoms with Gasteiger partial charge in [0.2, 0.25) is 0 Å². The monoisotopic (exact) mass is 363 g/mol. The SMILES string of the molecule is CC1CCCN(CC(O)COc2ccc(Br)cc2)C1.Cl. The van der Waals surface area contributed by atoms with Gasteiger partial charge in [-0.05, 0) is 49.6 Å². The van der Waals surface area contributed by atoms with Crippen LogP contribution in [0.2, 0.25) is 0 Å². The maximum atomic E-state index is 10.0. The van der Waals surface area contributed by atoms with Gasteiger partial charge in [-0.1, -0.05) is 22.9 Å². The molecule has 1 fully saturated rings. The Morgan fingerprint density at radius 3 is 2.75 bits per heavy atom. The van der Waals surface area contributed by atoms with Crippen molar-refractivity contribution >= 4 is 28.3 Å². The number of aliphatic hydroxyl groups excluding tert-OH is 1. The van der Waals surface area contributed by atoms with E-state index in [1.807, 2.05) is 24.3 Å². The van der Waals surface area contributed by atoms with E-state index in [0.29, 0.717) is 13.2 Å². The molecule has 0 amide bonds. The maximum absolute atomic E-state index is 10.0. The van der Waals surface area contributed by atoms with Gasteiger partial charge < -0.3 is 14.7 Å². The minimum Gasteiger partial charge on any atom is -0.491 e. The topological polar surface area (TPSA) is 32.7 Å². The highest BCUT2D eigenvalue weighted by Crippen LogP contribution is 2.17. The lowest BCUT2D eigenvalue weighted by Crippen LogP contribution is -2.41. The molecule has 0 aromatic heterocycles. The summed E-state index contributed by atoms with van der Waals surface area (Å²) in [4.78, 5) is 2.34. The minimum absolute atomic E-state index is 0. The van der Waals surface area contributed by atoms with Gasteiger partial charge in [0.25, 0.3) is 0 Å². The van der Waals surface area contributed by atoms with Crippen molar-refractivity contribution in [3.05, 3.63) is 28.7 Å². The molecule has 1 aliphatic rings. The molecule has 0 saturated carbocycles. The first-order valence-electron chi connectivity index (χ1n) is 6.92. The third-order valence-electron chi connectivity index (χ3n) is 3.47. The van der Waals surface area contributed by atoms with Crippen molar-refractivity contribution in [3.8, 4) is 5.75 Å². The fourth-order valence-corrected chi connectivity index (χ4v) is 2.79. The molecule has 3 nitrogen and oxygen atoms in total. The van der Waals surface area contributed by atoms with E-state index in [1.54, 1.807) is 0 Å². The molecule has 1 heterocycles. The summed E-state index contributed by atoms with van der Waals surface area (Å²) in [6.07, 6.45) is 2.12. The predicted molar refractivity (Wildman–Crippen MR) is 87.7 cm³/mol. The molecule has 0 bridgehead atoms. The quantitative estimate of drug-likeness (QED) is 0.870. The molecule has 0 aliphatic carbocycles. The van der Waals surface area contributed by atoms with Gasteiger partial charge in [-0.15, -0.1) is 12.4 Å². The van der Waals surface area contributed by atoms with Gasteiger partial charge in [0.1, 0.15) is 18.5 Å². The summed E-state index contributed by atoms with van der Waals surface area (Å²) in [5.41, 5.74) is 0. The largest absolute Gasteiger partial charge is 0.491 e. The Bertz CT molecular complexity index is 388. The number of piperidine rings is 1. The van der Waals surface area contributed by atoms with E-state index in [-0.39, 0.29) is 12.4 Å². The van der Waals surface area contributed by atoms with E-state index >= 15 is 0 Å². The van der Waals surface area contributed by atoms with Gasteiger partial charge >= 0.3 is 0 Å². The van der Waals surface area contributed by atoms with Crippen molar-refractivity contribution in [1.82, 2.24) is 4.90 Å². The van der Waals surface area contributed by atoms with Gasteiger partial charge in [-0.25, -0.2) is 0 Å². The molecule has 2 rings (SSSR count). The van der Waals surface area contributed by atoms with Crippen molar-refractivity contribution in [1.29, 1.82) is 0 Å². The summed E-state index contributed by atoms with van der Waals surface area (Å²) < 4.78 is 6.62. The Hall–Kier alpha value is -0.290. The van der Waals surface area contributed by atoms with Crippen molar-refractivity contribution in [2.24, 2.45) is 5.92 Å². The van der Waals surface area contributed by atoms with E-state index in [4.69, 9.17) is 4.74 Å². The van der Waals surface area contributed by atoms with Gasteiger partial charge in [0, 0.05) is 17.6 Å². The summed E-state index contributed by atoms with van der Waals surface area (Å²) in [7, 11) is 0. The Morgan fingerprint density at radius 2 is 2.10 bits per heavy atom. The number of aliphatic hydroxyl groups is 1. The molecule has 1 aliphatic heterocycles. The summed E-state index contributed by atoms with van der Waals surface area (Å²) in [5, 5.41) is 10.0. The Labute approximate surface area is 135 Å². The molecule has 114 valence electrons. The summed E-state index contributed by atoms with van der Waals surface area (Å²) in [5.74, 6) is 1.54. The molecule has 0 radical (unpaired) electrons. The van der Waals surface area contributed by atoms with E-state index < -0.39 is 6.10 Å². The molecular formula is C15H23BrClNO2. The van der Waals surface area contributed by atoms with E-state index in [2.05, 4.69) is 27.8 Å². The summed E-state index contributed by atoms with van der Waals surface area (Å²) in [6, 6.07) is 7.68. The lowest BCUT2D eigenvalue weighted by Gasteiger charge is -2.32. The first-order chi connectivity index (χ1) is 9.13. The molecular weight excluding hydrogens is 342 g/mol. The Kier molecular flexibility index (Phi) is 7.88. The molecule has 1 N–H and O–H groups in total. The number of nitrogens with zero attached hydrogens (tertiary/aromatic N) is 1. The van der Waals surface area contributed by atoms with E-state index in [1.165, 1.54) is 12.8 Å². The molecule has 1 saturated heterocycles. The smallest absolute Gasteiger partial charge is 0.119 e. The molecule has 2 unspecified atom stereocenters. The zero-order valence-corrected chi connectivity index (χ0v) is 14.2.